The van der Waals surface area contributed by atoms with E-state index in [2.05, 4.69) is 36.6 Å². The summed E-state index contributed by atoms with van der Waals surface area (Å²) in [5.74, 6) is 0. The van der Waals surface area contributed by atoms with Crippen molar-refractivity contribution in [2.24, 2.45) is 0 Å². The second kappa shape index (κ2) is 8.07. The van der Waals surface area contributed by atoms with Crippen LogP contribution in [0.4, 0.5) is 0 Å². The van der Waals surface area contributed by atoms with Crippen molar-refractivity contribution in [2.75, 3.05) is 6.54 Å². The molecular formula is C14H22N2S. The summed E-state index contributed by atoms with van der Waals surface area (Å²) >= 11 is 5.26. The second-order valence-corrected chi connectivity index (χ2v) is 4.65. The topological polar surface area (TPSA) is 24.1 Å². The van der Waals surface area contributed by atoms with E-state index in [1.165, 1.54) is 24.8 Å². The van der Waals surface area contributed by atoms with Gasteiger partial charge in [-0.15, -0.1) is 0 Å². The molecule has 1 atom stereocenters. The minimum atomic E-state index is 0.252. The average Bonchev–Trinajstić information content (AvgIpc) is 2.36. The Morgan fingerprint density at radius 2 is 1.94 bits per heavy atom. The third-order valence-corrected chi connectivity index (χ3v) is 2.98. The largest absolute Gasteiger partial charge is 0.363 e. The Bertz CT molecular complexity index is 324. The highest BCUT2D eigenvalue weighted by atomic mass is 32.1. The number of rotatable bonds is 6. The zero-order chi connectivity index (χ0) is 12.5. The molecule has 1 rings (SSSR count). The summed E-state index contributed by atoms with van der Waals surface area (Å²) < 4.78 is 0. The molecule has 0 radical (unpaired) electrons. The molecule has 1 aromatic rings. The molecule has 0 aromatic heterocycles. The van der Waals surface area contributed by atoms with E-state index in [1.54, 1.807) is 0 Å². The Kier molecular flexibility index (Phi) is 6.63. The summed E-state index contributed by atoms with van der Waals surface area (Å²) in [5.41, 5.74) is 1.25. The molecule has 0 aliphatic rings. The first kappa shape index (κ1) is 14.0. The number of thiocarbonyl (C=S) groups is 1. The SMILES string of the molecule is CCCCCNC(=S)NC(C)c1ccccc1. The van der Waals surface area contributed by atoms with E-state index in [9.17, 15) is 0 Å². The van der Waals surface area contributed by atoms with Crippen LogP contribution in [0.3, 0.4) is 0 Å². The van der Waals surface area contributed by atoms with Gasteiger partial charge in [-0.2, -0.15) is 0 Å². The Morgan fingerprint density at radius 1 is 1.24 bits per heavy atom. The molecule has 17 heavy (non-hydrogen) atoms. The van der Waals surface area contributed by atoms with Gasteiger partial charge >= 0.3 is 0 Å². The summed E-state index contributed by atoms with van der Waals surface area (Å²) in [6.07, 6.45) is 3.67. The van der Waals surface area contributed by atoms with Crippen molar-refractivity contribution in [1.29, 1.82) is 0 Å². The van der Waals surface area contributed by atoms with Gasteiger partial charge in [0, 0.05) is 6.54 Å². The third kappa shape index (κ3) is 5.68. The van der Waals surface area contributed by atoms with Crippen molar-refractivity contribution < 1.29 is 0 Å². The molecule has 0 saturated carbocycles. The third-order valence-electron chi connectivity index (χ3n) is 2.71. The highest BCUT2D eigenvalue weighted by Gasteiger charge is 2.05. The van der Waals surface area contributed by atoms with Gasteiger partial charge in [0.05, 0.1) is 6.04 Å². The smallest absolute Gasteiger partial charge is 0.166 e. The highest BCUT2D eigenvalue weighted by molar-refractivity contribution is 7.80. The first-order valence-corrected chi connectivity index (χ1v) is 6.74. The van der Waals surface area contributed by atoms with E-state index in [0.717, 1.165) is 11.7 Å². The maximum Gasteiger partial charge on any atom is 0.166 e. The lowest BCUT2D eigenvalue weighted by Gasteiger charge is -2.17. The summed E-state index contributed by atoms with van der Waals surface area (Å²) in [6.45, 7) is 5.28. The van der Waals surface area contributed by atoms with Crippen molar-refractivity contribution >= 4 is 17.3 Å². The van der Waals surface area contributed by atoms with E-state index in [-0.39, 0.29) is 6.04 Å². The van der Waals surface area contributed by atoms with Gasteiger partial charge in [0.15, 0.2) is 5.11 Å². The van der Waals surface area contributed by atoms with E-state index >= 15 is 0 Å². The number of hydrogen-bond acceptors (Lipinski definition) is 1. The van der Waals surface area contributed by atoms with Crippen molar-refractivity contribution in [3.8, 4) is 0 Å². The summed E-state index contributed by atoms with van der Waals surface area (Å²) in [4.78, 5) is 0. The highest BCUT2D eigenvalue weighted by Crippen LogP contribution is 2.10. The molecule has 0 bridgehead atoms. The Balaban J connectivity index is 2.26. The maximum atomic E-state index is 5.26. The van der Waals surface area contributed by atoms with Gasteiger partial charge in [-0.05, 0) is 31.1 Å². The molecule has 0 amide bonds. The van der Waals surface area contributed by atoms with E-state index in [4.69, 9.17) is 12.2 Å². The lowest BCUT2D eigenvalue weighted by molar-refractivity contribution is 0.664. The lowest BCUT2D eigenvalue weighted by Crippen LogP contribution is -2.37. The normalized spacial score (nSPS) is 11.9. The predicted octanol–water partition coefficient (Wildman–Crippen LogP) is 3.40. The van der Waals surface area contributed by atoms with Crippen LogP contribution in [0.15, 0.2) is 30.3 Å². The standard InChI is InChI=1S/C14H22N2S/c1-3-4-8-11-15-14(17)16-12(2)13-9-6-5-7-10-13/h5-7,9-10,12H,3-4,8,11H2,1-2H3,(H2,15,16,17). The quantitative estimate of drug-likeness (QED) is 0.598. The molecule has 2 nitrogen and oxygen atoms in total. The van der Waals surface area contributed by atoms with Crippen molar-refractivity contribution in [1.82, 2.24) is 10.6 Å². The minimum Gasteiger partial charge on any atom is -0.363 e. The fourth-order valence-electron chi connectivity index (χ4n) is 1.65. The van der Waals surface area contributed by atoms with Gasteiger partial charge in [0.1, 0.15) is 0 Å². The summed E-state index contributed by atoms with van der Waals surface area (Å²) in [7, 11) is 0. The molecule has 0 saturated heterocycles. The van der Waals surface area contributed by atoms with Crippen LogP contribution < -0.4 is 10.6 Å². The molecule has 0 fully saturated rings. The van der Waals surface area contributed by atoms with E-state index in [1.807, 2.05) is 18.2 Å². The van der Waals surface area contributed by atoms with Gasteiger partial charge in [-0.3, -0.25) is 0 Å². The molecule has 1 aromatic carbocycles. The molecule has 0 aliphatic carbocycles. The molecule has 2 N–H and O–H groups in total. The van der Waals surface area contributed by atoms with Crippen LogP contribution in [-0.2, 0) is 0 Å². The minimum absolute atomic E-state index is 0.252. The van der Waals surface area contributed by atoms with Crippen molar-refractivity contribution in [3.05, 3.63) is 35.9 Å². The molecule has 0 aliphatic heterocycles. The van der Waals surface area contributed by atoms with Crippen LogP contribution in [0.1, 0.15) is 44.7 Å². The Hall–Kier alpha value is -1.09. The summed E-state index contributed by atoms with van der Waals surface area (Å²) in [5, 5.41) is 7.28. The van der Waals surface area contributed by atoms with E-state index < -0.39 is 0 Å². The molecule has 1 unspecified atom stereocenters. The fourth-order valence-corrected chi connectivity index (χ4v) is 1.93. The van der Waals surface area contributed by atoms with Gasteiger partial charge in [0.25, 0.3) is 0 Å². The monoisotopic (exact) mass is 250 g/mol. The second-order valence-electron chi connectivity index (χ2n) is 4.24. The van der Waals surface area contributed by atoms with Crippen molar-refractivity contribution in [3.63, 3.8) is 0 Å². The number of benzene rings is 1. The summed E-state index contributed by atoms with van der Waals surface area (Å²) in [6, 6.07) is 10.6. The number of unbranched alkanes of at least 4 members (excludes halogenated alkanes) is 2. The van der Waals surface area contributed by atoms with E-state index in [0.29, 0.717) is 0 Å². The zero-order valence-corrected chi connectivity index (χ0v) is 11.5. The fraction of sp³-hybridized carbons (Fsp3) is 0.500. The maximum absolute atomic E-state index is 5.26. The molecule has 0 spiro atoms. The van der Waals surface area contributed by atoms with Crippen LogP contribution in [0, 0.1) is 0 Å². The Labute approximate surface area is 110 Å². The van der Waals surface area contributed by atoms with Gasteiger partial charge in [0.2, 0.25) is 0 Å². The molecular weight excluding hydrogens is 228 g/mol. The average molecular weight is 250 g/mol. The predicted molar refractivity (Wildman–Crippen MR) is 78.1 cm³/mol. The van der Waals surface area contributed by atoms with Gasteiger partial charge in [-0.1, -0.05) is 50.1 Å². The molecule has 0 heterocycles. The first-order chi connectivity index (χ1) is 8.24. The van der Waals surface area contributed by atoms with Crippen LogP contribution >= 0.6 is 12.2 Å². The van der Waals surface area contributed by atoms with Gasteiger partial charge in [-0.25, -0.2) is 0 Å². The van der Waals surface area contributed by atoms with Gasteiger partial charge < -0.3 is 10.6 Å². The Morgan fingerprint density at radius 3 is 2.59 bits per heavy atom. The first-order valence-electron chi connectivity index (χ1n) is 6.33. The molecule has 3 heteroatoms. The van der Waals surface area contributed by atoms with Crippen LogP contribution in [0.25, 0.3) is 0 Å². The van der Waals surface area contributed by atoms with Crippen LogP contribution in [-0.4, -0.2) is 11.7 Å². The van der Waals surface area contributed by atoms with Crippen LogP contribution in [0.2, 0.25) is 0 Å². The number of hydrogen-bond donors (Lipinski definition) is 2. The van der Waals surface area contributed by atoms with Crippen molar-refractivity contribution in [2.45, 2.75) is 39.2 Å². The number of nitrogens with one attached hydrogen (secondary N) is 2. The lowest BCUT2D eigenvalue weighted by atomic mass is 10.1. The zero-order valence-electron chi connectivity index (χ0n) is 10.7. The van der Waals surface area contributed by atoms with Crippen LogP contribution in [0.5, 0.6) is 0 Å². The molecule has 94 valence electrons.